The number of anilines is 1. The lowest BCUT2D eigenvalue weighted by Gasteiger charge is -2.45. The van der Waals surface area contributed by atoms with Crippen molar-refractivity contribution in [1.82, 2.24) is 9.99 Å². The van der Waals surface area contributed by atoms with Gasteiger partial charge in [-0.1, -0.05) is 6.92 Å². The topological polar surface area (TPSA) is 49.6 Å². The van der Waals surface area contributed by atoms with E-state index in [1.54, 1.807) is 18.2 Å². The van der Waals surface area contributed by atoms with Crippen molar-refractivity contribution >= 4 is 17.8 Å². The standard InChI is InChI=1S/C25H27FN4O/c1-17-15-25(2,3)29(4)23-14-22(26)19(13-21(17)23)16-27-28-24(31)18-7-9-20(10-8-18)30-11-5-6-12-30/h5-14,16-17H,15H2,1-4H3,(H,28,31)/b27-16+. The Morgan fingerprint density at radius 3 is 2.55 bits per heavy atom. The van der Waals surface area contributed by atoms with Crippen molar-refractivity contribution in [2.75, 3.05) is 11.9 Å². The maximum atomic E-state index is 14.7. The normalized spacial score (nSPS) is 17.6. The molecule has 0 saturated carbocycles. The van der Waals surface area contributed by atoms with Crippen molar-refractivity contribution < 1.29 is 9.18 Å². The lowest BCUT2D eigenvalue weighted by molar-refractivity contribution is 0.0955. The van der Waals surface area contributed by atoms with E-state index in [4.69, 9.17) is 0 Å². The molecule has 0 radical (unpaired) electrons. The summed E-state index contributed by atoms with van der Waals surface area (Å²) in [7, 11) is 2.00. The molecular formula is C25H27FN4O. The lowest BCUT2D eigenvalue weighted by atomic mass is 9.80. The number of carbonyl (C=O) groups is 1. The van der Waals surface area contributed by atoms with Gasteiger partial charge in [0, 0.05) is 47.5 Å². The number of fused-ring (bicyclic) bond motifs is 1. The molecule has 2 aromatic carbocycles. The highest BCUT2D eigenvalue weighted by Gasteiger charge is 2.34. The number of nitrogens with one attached hydrogen (secondary N) is 1. The molecule has 31 heavy (non-hydrogen) atoms. The van der Waals surface area contributed by atoms with Gasteiger partial charge >= 0.3 is 0 Å². The highest BCUT2D eigenvalue weighted by molar-refractivity contribution is 5.95. The van der Waals surface area contributed by atoms with Crippen LogP contribution in [0.3, 0.4) is 0 Å². The number of hydrogen-bond donors (Lipinski definition) is 1. The van der Waals surface area contributed by atoms with Crippen molar-refractivity contribution in [3.05, 3.63) is 83.4 Å². The fourth-order valence-corrected chi connectivity index (χ4v) is 4.22. The Bertz CT molecular complexity index is 1120. The van der Waals surface area contributed by atoms with Crippen LogP contribution in [0.1, 0.15) is 54.6 Å². The molecule has 1 aliphatic heterocycles. The summed E-state index contributed by atoms with van der Waals surface area (Å²) in [4.78, 5) is 14.5. The van der Waals surface area contributed by atoms with E-state index in [0.29, 0.717) is 17.0 Å². The first-order valence-corrected chi connectivity index (χ1v) is 10.4. The summed E-state index contributed by atoms with van der Waals surface area (Å²) < 4.78 is 16.7. The van der Waals surface area contributed by atoms with E-state index in [2.05, 4.69) is 36.2 Å². The van der Waals surface area contributed by atoms with Crippen molar-refractivity contribution in [2.45, 2.75) is 38.6 Å². The van der Waals surface area contributed by atoms with Crippen LogP contribution in [0.25, 0.3) is 5.69 Å². The molecule has 1 amide bonds. The number of carbonyl (C=O) groups excluding carboxylic acids is 1. The van der Waals surface area contributed by atoms with Crippen LogP contribution in [0.4, 0.5) is 10.1 Å². The van der Waals surface area contributed by atoms with E-state index in [1.807, 2.05) is 54.3 Å². The van der Waals surface area contributed by atoms with Crippen LogP contribution >= 0.6 is 0 Å². The third-order valence-corrected chi connectivity index (χ3v) is 6.15. The third-order valence-electron chi connectivity index (χ3n) is 6.15. The molecule has 6 heteroatoms. The first kappa shape index (κ1) is 20.8. The number of benzene rings is 2. The number of halogens is 1. The Morgan fingerprint density at radius 1 is 1.19 bits per heavy atom. The zero-order valence-electron chi connectivity index (χ0n) is 18.3. The van der Waals surface area contributed by atoms with Gasteiger partial charge < -0.3 is 9.47 Å². The smallest absolute Gasteiger partial charge is 0.271 e. The molecular weight excluding hydrogens is 391 g/mol. The van der Waals surface area contributed by atoms with Crippen molar-refractivity contribution in [1.29, 1.82) is 0 Å². The molecule has 0 spiro atoms. The Morgan fingerprint density at radius 2 is 1.87 bits per heavy atom. The molecule has 0 bridgehead atoms. The number of nitrogens with zero attached hydrogens (tertiary/aromatic N) is 3. The summed E-state index contributed by atoms with van der Waals surface area (Å²) in [6, 6.07) is 14.5. The zero-order chi connectivity index (χ0) is 22.2. The average molecular weight is 419 g/mol. The Labute approximate surface area is 182 Å². The molecule has 160 valence electrons. The Hall–Kier alpha value is -3.41. The zero-order valence-corrected chi connectivity index (χ0v) is 18.3. The van der Waals surface area contributed by atoms with E-state index >= 15 is 0 Å². The maximum absolute atomic E-state index is 14.7. The molecule has 0 aliphatic carbocycles. The van der Waals surface area contributed by atoms with Gasteiger partial charge in [0.05, 0.1) is 6.21 Å². The summed E-state index contributed by atoms with van der Waals surface area (Å²) in [5, 5.41) is 3.99. The van der Waals surface area contributed by atoms with Crippen LogP contribution in [0.5, 0.6) is 0 Å². The number of hydrazone groups is 1. The lowest BCUT2D eigenvalue weighted by Crippen LogP contribution is -2.45. The van der Waals surface area contributed by atoms with Gasteiger partial charge in [0.2, 0.25) is 0 Å². The summed E-state index contributed by atoms with van der Waals surface area (Å²) in [5.41, 5.74) is 6.27. The largest absolute Gasteiger partial charge is 0.369 e. The summed E-state index contributed by atoms with van der Waals surface area (Å²) in [5.74, 6) is -0.393. The Balaban J connectivity index is 1.48. The van der Waals surface area contributed by atoms with Crippen LogP contribution < -0.4 is 10.3 Å². The molecule has 1 aliphatic rings. The molecule has 3 aromatic rings. The molecule has 1 aromatic heterocycles. The van der Waals surface area contributed by atoms with E-state index in [9.17, 15) is 9.18 Å². The fraction of sp³-hybridized carbons (Fsp3) is 0.280. The van der Waals surface area contributed by atoms with Crippen LogP contribution in [0, 0.1) is 5.82 Å². The number of aromatic nitrogens is 1. The predicted octanol–water partition coefficient (Wildman–Crippen LogP) is 5.10. The quantitative estimate of drug-likeness (QED) is 0.473. The van der Waals surface area contributed by atoms with Crippen LogP contribution in [0.15, 0.2) is 66.0 Å². The first-order valence-electron chi connectivity index (χ1n) is 10.4. The second-order valence-electron chi connectivity index (χ2n) is 8.75. The molecule has 2 heterocycles. The number of rotatable bonds is 4. The van der Waals surface area contributed by atoms with Gasteiger partial charge in [-0.05, 0) is 80.3 Å². The van der Waals surface area contributed by atoms with Gasteiger partial charge in [0.25, 0.3) is 5.91 Å². The highest BCUT2D eigenvalue weighted by atomic mass is 19.1. The average Bonchev–Trinajstić information content (AvgIpc) is 3.27. The first-order chi connectivity index (χ1) is 14.8. The summed E-state index contributed by atoms with van der Waals surface area (Å²) >= 11 is 0. The van der Waals surface area contributed by atoms with E-state index in [0.717, 1.165) is 23.4 Å². The van der Waals surface area contributed by atoms with E-state index < -0.39 is 0 Å². The SMILES string of the molecule is CC1CC(C)(C)N(C)c2cc(F)c(/C=N/NC(=O)c3ccc(-n4cccc4)cc3)cc21. The van der Waals surface area contributed by atoms with Crippen LogP contribution in [0.2, 0.25) is 0 Å². The summed E-state index contributed by atoms with van der Waals surface area (Å²) in [6.45, 7) is 6.49. The molecule has 1 N–H and O–H groups in total. The molecule has 1 atom stereocenters. The van der Waals surface area contributed by atoms with Crippen LogP contribution in [-0.2, 0) is 0 Å². The monoisotopic (exact) mass is 418 g/mol. The van der Waals surface area contributed by atoms with Gasteiger partial charge in [-0.2, -0.15) is 5.10 Å². The number of amides is 1. The maximum Gasteiger partial charge on any atom is 0.271 e. The van der Waals surface area contributed by atoms with Crippen molar-refractivity contribution in [3.63, 3.8) is 0 Å². The minimum absolute atomic E-state index is 0.0284. The summed E-state index contributed by atoms with van der Waals surface area (Å²) in [6.07, 6.45) is 6.22. The second-order valence-corrected chi connectivity index (χ2v) is 8.75. The van der Waals surface area contributed by atoms with E-state index in [-0.39, 0.29) is 17.3 Å². The van der Waals surface area contributed by atoms with Crippen molar-refractivity contribution in [2.24, 2.45) is 5.10 Å². The molecule has 1 unspecified atom stereocenters. The molecule has 0 saturated heterocycles. The van der Waals surface area contributed by atoms with E-state index in [1.165, 1.54) is 6.21 Å². The Kier molecular flexibility index (Phi) is 5.39. The molecule has 5 nitrogen and oxygen atoms in total. The minimum atomic E-state index is -0.357. The fourth-order valence-electron chi connectivity index (χ4n) is 4.22. The highest BCUT2D eigenvalue weighted by Crippen LogP contribution is 2.43. The van der Waals surface area contributed by atoms with Gasteiger partial charge in [-0.3, -0.25) is 4.79 Å². The van der Waals surface area contributed by atoms with Gasteiger partial charge in [-0.25, -0.2) is 9.82 Å². The van der Waals surface area contributed by atoms with Gasteiger partial charge in [0.1, 0.15) is 5.82 Å². The van der Waals surface area contributed by atoms with Gasteiger partial charge in [0.15, 0.2) is 0 Å². The predicted molar refractivity (Wildman–Crippen MR) is 123 cm³/mol. The minimum Gasteiger partial charge on any atom is -0.369 e. The second kappa shape index (κ2) is 8.02. The molecule has 4 rings (SSSR count). The van der Waals surface area contributed by atoms with Crippen molar-refractivity contribution in [3.8, 4) is 5.69 Å². The number of hydrogen-bond acceptors (Lipinski definition) is 3. The van der Waals surface area contributed by atoms with Crippen LogP contribution in [-0.4, -0.2) is 29.3 Å². The third kappa shape index (κ3) is 4.10. The van der Waals surface area contributed by atoms with Gasteiger partial charge in [-0.15, -0.1) is 0 Å². The molecule has 0 fully saturated rings.